The molecule has 0 unspecified atom stereocenters. The highest BCUT2D eigenvalue weighted by Crippen LogP contribution is 2.29. The van der Waals surface area contributed by atoms with Gasteiger partial charge in [0.2, 0.25) is 5.91 Å². The molecule has 4 rings (SSSR count). The lowest BCUT2D eigenvalue weighted by Gasteiger charge is -2.30. The van der Waals surface area contributed by atoms with Gasteiger partial charge in [-0.05, 0) is 55.9 Å². The van der Waals surface area contributed by atoms with E-state index >= 15 is 0 Å². The maximum atomic E-state index is 12.4. The van der Waals surface area contributed by atoms with Gasteiger partial charge in [-0.25, -0.2) is 4.98 Å². The smallest absolute Gasteiger partial charge is 0.220 e. The molecule has 1 heterocycles. The Morgan fingerprint density at radius 3 is 2.45 bits per heavy atom. The summed E-state index contributed by atoms with van der Waals surface area (Å²) in [6.07, 6.45) is 5.04. The standard InChI is InChI=1S/C26H30Cl2N4O/c1-32(2)24-16-25(31-23-6-4-3-5-20(23)24)29-18-9-11-19(12-10-18)30-26(33)14-8-17-7-13-21(27)22(28)15-17/h3-7,13,15-16,18-19H,8-12,14H2,1-2H3,(H,29,31)(H,30,33)/t18-,19+. The number of nitrogens with one attached hydrogen (secondary N) is 2. The molecule has 1 aliphatic rings. The van der Waals surface area contributed by atoms with Gasteiger partial charge in [0.05, 0.1) is 15.6 Å². The number of pyridine rings is 1. The fourth-order valence-corrected chi connectivity index (χ4v) is 4.77. The van der Waals surface area contributed by atoms with E-state index in [-0.39, 0.29) is 11.9 Å². The van der Waals surface area contributed by atoms with Crippen LogP contribution in [-0.2, 0) is 11.2 Å². The van der Waals surface area contributed by atoms with E-state index in [9.17, 15) is 4.79 Å². The zero-order valence-electron chi connectivity index (χ0n) is 19.1. The average molecular weight is 485 g/mol. The Morgan fingerprint density at radius 1 is 1.00 bits per heavy atom. The van der Waals surface area contributed by atoms with Crippen LogP contribution < -0.4 is 15.5 Å². The van der Waals surface area contributed by atoms with Crippen molar-refractivity contribution in [1.82, 2.24) is 10.3 Å². The maximum Gasteiger partial charge on any atom is 0.220 e. The number of carbonyl (C=O) groups excluding carboxylic acids is 1. The van der Waals surface area contributed by atoms with Crippen LogP contribution in [0.4, 0.5) is 11.5 Å². The van der Waals surface area contributed by atoms with Gasteiger partial charge in [0, 0.05) is 49.7 Å². The highest BCUT2D eigenvalue weighted by atomic mass is 35.5. The van der Waals surface area contributed by atoms with Crippen molar-refractivity contribution in [2.24, 2.45) is 0 Å². The summed E-state index contributed by atoms with van der Waals surface area (Å²) < 4.78 is 0. The topological polar surface area (TPSA) is 57.3 Å². The number of hydrogen-bond donors (Lipinski definition) is 2. The number of aryl methyl sites for hydroxylation is 1. The molecule has 33 heavy (non-hydrogen) atoms. The number of rotatable bonds is 7. The summed E-state index contributed by atoms with van der Waals surface area (Å²) >= 11 is 12.0. The van der Waals surface area contributed by atoms with Gasteiger partial charge in [-0.15, -0.1) is 0 Å². The highest BCUT2D eigenvalue weighted by Gasteiger charge is 2.23. The van der Waals surface area contributed by atoms with Crippen molar-refractivity contribution in [3.8, 4) is 0 Å². The third-order valence-electron chi connectivity index (χ3n) is 6.25. The number of carbonyl (C=O) groups is 1. The van der Waals surface area contributed by atoms with Gasteiger partial charge >= 0.3 is 0 Å². The third kappa shape index (κ3) is 6.10. The largest absolute Gasteiger partial charge is 0.377 e. The van der Waals surface area contributed by atoms with Crippen molar-refractivity contribution in [1.29, 1.82) is 0 Å². The van der Waals surface area contributed by atoms with Crippen LogP contribution in [0.15, 0.2) is 48.5 Å². The first kappa shape index (κ1) is 23.7. The molecule has 5 nitrogen and oxygen atoms in total. The molecule has 1 saturated carbocycles. The van der Waals surface area contributed by atoms with Crippen molar-refractivity contribution in [3.05, 3.63) is 64.1 Å². The molecule has 0 bridgehead atoms. The molecule has 1 amide bonds. The van der Waals surface area contributed by atoms with Crippen molar-refractivity contribution in [3.63, 3.8) is 0 Å². The van der Waals surface area contributed by atoms with E-state index in [1.165, 1.54) is 0 Å². The second-order valence-corrected chi connectivity index (χ2v) is 9.76. The minimum atomic E-state index is 0.0873. The fraction of sp³-hybridized carbons (Fsp3) is 0.385. The van der Waals surface area contributed by atoms with E-state index in [1.807, 2.05) is 24.3 Å². The zero-order valence-corrected chi connectivity index (χ0v) is 20.6. The maximum absolute atomic E-state index is 12.4. The Balaban J connectivity index is 1.27. The molecule has 2 N–H and O–H groups in total. The lowest BCUT2D eigenvalue weighted by molar-refractivity contribution is -0.122. The van der Waals surface area contributed by atoms with Gasteiger partial charge in [-0.2, -0.15) is 0 Å². The summed E-state index contributed by atoms with van der Waals surface area (Å²) in [5.74, 6) is 0.996. The number of nitrogens with zero attached hydrogens (tertiary/aromatic N) is 2. The Bertz CT molecular complexity index is 1130. The van der Waals surface area contributed by atoms with Gasteiger partial charge < -0.3 is 15.5 Å². The minimum Gasteiger partial charge on any atom is -0.377 e. The number of amides is 1. The lowest BCUT2D eigenvalue weighted by atomic mass is 9.91. The summed E-state index contributed by atoms with van der Waals surface area (Å²) in [5.41, 5.74) is 3.17. The summed E-state index contributed by atoms with van der Waals surface area (Å²) in [7, 11) is 4.11. The van der Waals surface area contributed by atoms with Gasteiger partial charge in [0.15, 0.2) is 0 Å². The molecule has 0 spiro atoms. The van der Waals surface area contributed by atoms with Crippen LogP contribution in [0.1, 0.15) is 37.7 Å². The quantitative estimate of drug-likeness (QED) is 0.426. The van der Waals surface area contributed by atoms with Crippen LogP contribution in [0.5, 0.6) is 0 Å². The van der Waals surface area contributed by atoms with Crippen molar-refractivity contribution in [2.45, 2.75) is 50.6 Å². The van der Waals surface area contributed by atoms with Crippen molar-refractivity contribution in [2.75, 3.05) is 24.3 Å². The normalized spacial score (nSPS) is 18.2. The summed E-state index contributed by atoms with van der Waals surface area (Å²) in [6, 6.07) is 16.5. The van der Waals surface area contributed by atoms with Crippen LogP contribution >= 0.6 is 23.2 Å². The molecular formula is C26H30Cl2N4O. The fourth-order valence-electron chi connectivity index (χ4n) is 4.45. The van der Waals surface area contributed by atoms with Gasteiger partial charge in [0.25, 0.3) is 0 Å². The van der Waals surface area contributed by atoms with Crippen LogP contribution in [-0.4, -0.2) is 37.1 Å². The predicted molar refractivity (Wildman–Crippen MR) is 139 cm³/mol. The number of fused-ring (bicyclic) bond motifs is 1. The van der Waals surface area contributed by atoms with E-state index in [0.717, 1.165) is 53.7 Å². The van der Waals surface area contributed by atoms with Gasteiger partial charge in [-0.1, -0.05) is 47.5 Å². The number of anilines is 2. The Labute approximate surface area is 205 Å². The van der Waals surface area contributed by atoms with E-state index < -0.39 is 0 Å². The molecule has 174 valence electrons. The molecule has 0 atom stereocenters. The second-order valence-electron chi connectivity index (χ2n) is 8.95. The first-order chi connectivity index (χ1) is 15.9. The van der Waals surface area contributed by atoms with E-state index in [1.54, 1.807) is 6.07 Å². The van der Waals surface area contributed by atoms with Crippen molar-refractivity contribution < 1.29 is 4.79 Å². The molecule has 2 aromatic carbocycles. The molecule has 1 aromatic heterocycles. The summed E-state index contributed by atoms with van der Waals surface area (Å²) in [4.78, 5) is 19.4. The monoisotopic (exact) mass is 484 g/mol. The molecular weight excluding hydrogens is 455 g/mol. The molecule has 1 aliphatic carbocycles. The lowest BCUT2D eigenvalue weighted by Crippen LogP contribution is -2.40. The average Bonchev–Trinajstić information content (AvgIpc) is 2.80. The van der Waals surface area contributed by atoms with E-state index in [4.69, 9.17) is 28.2 Å². The molecule has 0 saturated heterocycles. The Morgan fingerprint density at radius 2 is 1.73 bits per heavy atom. The first-order valence-corrected chi connectivity index (χ1v) is 12.2. The highest BCUT2D eigenvalue weighted by molar-refractivity contribution is 6.42. The predicted octanol–water partition coefficient (Wildman–Crippen LogP) is 6.08. The number of benzene rings is 2. The van der Waals surface area contributed by atoms with Crippen LogP contribution in [0.2, 0.25) is 10.0 Å². The molecule has 3 aromatic rings. The molecule has 7 heteroatoms. The summed E-state index contributed by atoms with van der Waals surface area (Å²) in [6.45, 7) is 0. The van der Waals surface area contributed by atoms with Gasteiger partial charge in [0.1, 0.15) is 5.82 Å². The number of aromatic nitrogens is 1. The third-order valence-corrected chi connectivity index (χ3v) is 6.98. The molecule has 0 radical (unpaired) electrons. The van der Waals surface area contributed by atoms with Crippen LogP contribution in [0, 0.1) is 0 Å². The van der Waals surface area contributed by atoms with Crippen LogP contribution in [0.3, 0.4) is 0 Å². The Kier molecular flexibility index (Phi) is 7.61. The van der Waals surface area contributed by atoms with Gasteiger partial charge in [-0.3, -0.25) is 4.79 Å². The molecule has 1 fully saturated rings. The summed E-state index contributed by atoms with van der Waals surface area (Å²) in [5, 5.41) is 9.04. The molecule has 0 aliphatic heterocycles. The second kappa shape index (κ2) is 10.6. The van der Waals surface area contributed by atoms with E-state index in [0.29, 0.717) is 28.9 Å². The number of hydrogen-bond acceptors (Lipinski definition) is 4. The number of para-hydroxylation sites is 1. The van der Waals surface area contributed by atoms with E-state index in [2.05, 4.69) is 47.8 Å². The SMILES string of the molecule is CN(C)c1cc(N[C@H]2CC[C@@H](NC(=O)CCc3ccc(Cl)c(Cl)c3)CC2)nc2ccccc12. The van der Waals surface area contributed by atoms with Crippen LogP contribution in [0.25, 0.3) is 10.9 Å². The zero-order chi connectivity index (χ0) is 23.4. The van der Waals surface area contributed by atoms with Crippen molar-refractivity contribution >= 4 is 51.5 Å². The Hall–Kier alpha value is -2.50. The number of halogens is 2. The minimum absolute atomic E-state index is 0.0873. The first-order valence-electron chi connectivity index (χ1n) is 11.5.